The monoisotopic (exact) mass is 495 g/mol. The molecule has 1 amide bonds. The topological polar surface area (TPSA) is 117 Å². The van der Waals surface area contributed by atoms with Crippen LogP contribution in [0.2, 0.25) is 0 Å². The summed E-state index contributed by atoms with van der Waals surface area (Å²) in [5.41, 5.74) is 2.98. The molecular formula is C23H25N7O4S. The van der Waals surface area contributed by atoms with Gasteiger partial charge in [-0.15, -0.1) is 11.3 Å². The molecule has 4 aromatic rings. The first-order chi connectivity index (χ1) is 17.1. The second-order valence-electron chi connectivity index (χ2n) is 8.61. The van der Waals surface area contributed by atoms with E-state index < -0.39 is 0 Å². The first-order valence-corrected chi connectivity index (χ1v) is 12.4. The van der Waals surface area contributed by atoms with Crippen molar-refractivity contribution < 1.29 is 19.0 Å². The molecule has 6 heterocycles. The summed E-state index contributed by atoms with van der Waals surface area (Å²) in [4.78, 5) is 22.0. The third kappa shape index (κ3) is 4.59. The van der Waals surface area contributed by atoms with E-state index in [2.05, 4.69) is 15.7 Å². The van der Waals surface area contributed by atoms with Gasteiger partial charge >= 0.3 is 0 Å². The summed E-state index contributed by atoms with van der Waals surface area (Å²) in [7, 11) is 1.87. The van der Waals surface area contributed by atoms with Gasteiger partial charge in [0.2, 0.25) is 11.8 Å². The number of ether oxygens (including phenoxy) is 3. The molecule has 2 fully saturated rings. The van der Waals surface area contributed by atoms with E-state index in [9.17, 15) is 4.79 Å². The molecule has 2 N–H and O–H groups in total. The Kier molecular flexibility index (Phi) is 5.84. The third-order valence-corrected chi connectivity index (χ3v) is 6.84. The highest BCUT2D eigenvalue weighted by Crippen LogP contribution is 2.31. The smallest absolute Gasteiger partial charge is 0.252 e. The number of carbonyl (C=O) groups is 1. The Morgan fingerprint density at radius 2 is 2.11 bits per heavy atom. The van der Waals surface area contributed by atoms with E-state index in [1.807, 2.05) is 35.5 Å². The van der Waals surface area contributed by atoms with Crippen LogP contribution in [0.5, 0.6) is 5.88 Å². The van der Waals surface area contributed by atoms with E-state index in [-0.39, 0.29) is 18.1 Å². The van der Waals surface area contributed by atoms with Gasteiger partial charge in [0.1, 0.15) is 11.6 Å². The van der Waals surface area contributed by atoms with Crippen LogP contribution in [-0.4, -0.2) is 68.8 Å². The molecule has 0 saturated carbocycles. The zero-order valence-electron chi connectivity index (χ0n) is 19.1. The van der Waals surface area contributed by atoms with E-state index in [1.165, 1.54) is 11.3 Å². The standard InChI is InChI=1S/C23H25N7O4S/c1-29-10-16(9-24-29)30-5-2-18-20(30)22(34-17-4-7-33-12-17)28-23(26-18)27-19-8-14(13-35-19)21(31)25-15-3-6-32-11-15/h2,5,8-10,13,15,17H,3-4,6-7,11-12H2,1H3,(H,25,31)(H,26,27,28)/t15-,17-/m0/s1. The molecule has 2 aliphatic heterocycles. The lowest BCUT2D eigenvalue weighted by molar-refractivity contribution is 0.0930. The summed E-state index contributed by atoms with van der Waals surface area (Å²) >= 11 is 1.42. The van der Waals surface area contributed by atoms with Gasteiger partial charge in [-0.1, -0.05) is 0 Å². The molecule has 0 unspecified atom stereocenters. The van der Waals surface area contributed by atoms with Gasteiger partial charge < -0.3 is 29.4 Å². The molecule has 0 aliphatic carbocycles. The molecular weight excluding hydrogens is 470 g/mol. The van der Waals surface area contributed by atoms with Crippen LogP contribution in [-0.2, 0) is 16.5 Å². The molecule has 35 heavy (non-hydrogen) atoms. The average Bonchev–Trinajstić information content (AvgIpc) is 3.65. The average molecular weight is 496 g/mol. The van der Waals surface area contributed by atoms with Crippen LogP contribution in [0.1, 0.15) is 23.2 Å². The lowest BCUT2D eigenvalue weighted by atomic mass is 10.2. The maximum absolute atomic E-state index is 12.6. The predicted octanol–water partition coefficient (Wildman–Crippen LogP) is 2.65. The first-order valence-electron chi connectivity index (χ1n) is 11.5. The van der Waals surface area contributed by atoms with Crippen molar-refractivity contribution in [1.29, 1.82) is 0 Å². The van der Waals surface area contributed by atoms with Crippen molar-refractivity contribution in [2.45, 2.75) is 25.0 Å². The normalized spacial score (nSPS) is 19.9. The Hall–Kier alpha value is -3.48. The quantitative estimate of drug-likeness (QED) is 0.402. The highest BCUT2D eigenvalue weighted by Gasteiger charge is 2.23. The number of nitrogens with zero attached hydrogens (tertiary/aromatic N) is 5. The van der Waals surface area contributed by atoms with E-state index in [0.29, 0.717) is 43.8 Å². The van der Waals surface area contributed by atoms with Gasteiger partial charge in [0.15, 0.2) is 0 Å². The fourth-order valence-electron chi connectivity index (χ4n) is 4.21. The molecule has 12 heteroatoms. The second-order valence-corrected chi connectivity index (χ2v) is 9.52. The summed E-state index contributed by atoms with van der Waals surface area (Å²) in [6.07, 6.45) is 7.20. The summed E-state index contributed by atoms with van der Waals surface area (Å²) in [5, 5.41) is 13.1. The predicted molar refractivity (Wildman–Crippen MR) is 130 cm³/mol. The van der Waals surface area contributed by atoms with Crippen LogP contribution in [0.3, 0.4) is 0 Å². The van der Waals surface area contributed by atoms with Crippen LogP contribution in [0.15, 0.2) is 36.1 Å². The summed E-state index contributed by atoms with van der Waals surface area (Å²) in [6, 6.07) is 3.78. The van der Waals surface area contributed by atoms with Crippen molar-refractivity contribution in [3.8, 4) is 11.6 Å². The first kappa shape index (κ1) is 22.0. The number of carbonyl (C=O) groups excluding carboxylic acids is 1. The molecule has 2 saturated heterocycles. The zero-order chi connectivity index (χ0) is 23.8. The third-order valence-electron chi connectivity index (χ3n) is 6.00. The number of amides is 1. The number of anilines is 2. The number of aryl methyl sites for hydroxylation is 1. The van der Waals surface area contributed by atoms with E-state index in [4.69, 9.17) is 24.2 Å². The molecule has 0 spiro atoms. The van der Waals surface area contributed by atoms with Crippen molar-refractivity contribution in [1.82, 2.24) is 29.6 Å². The summed E-state index contributed by atoms with van der Waals surface area (Å²) < 4.78 is 20.8. The fourth-order valence-corrected chi connectivity index (χ4v) is 4.99. The van der Waals surface area contributed by atoms with Gasteiger partial charge in [-0.25, -0.2) is 4.98 Å². The van der Waals surface area contributed by atoms with Crippen molar-refractivity contribution in [2.75, 3.05) is 31.7 Å². The number of hydrogen-bond acceptors (Lipinski definition) is 9. The highest BCUT2D eigenvalue weighted by atomic mass is 32.1. The van der Waals surface area contributed by atoms with Crippen LogP contribution < -0.4 is 15.4 Å². The van der Waals surface area contributed by atoms with Crippen molar-refractivity contribution >= 4 is 39.2 Å². The number of fused-ring (bicyclic) bond motifs is 1. The van der Waals surface area contributed by atoms with E-state index >= 15 is 0 Å². The Morgan fingerprint density at radius 1 is 1.23 bits per heavy atom. The lowest BCUT2D eigenvalue weighted by Gasteiger charge is -2.14. The molecule has 2 atom stereocenters. The number of aromatic nitrogens is 5. The van der Waals surface area contributed by atoms with Gasteiger partial charge in [0.25, 0.3) is 5.91 Å². The molecule has 6 rings (SSSR count). The van der Waals surface area contributed by atoms with Crippen molar-refractivity contribution in [3.63, 3.8) is 0 Å². The minimum atomic E-state index is -0.111. The Labute approximate surface area is 205 Å². The SMILES string of the molecule is Cn1cc(-n2ccc3nc(Nc4cc(C(=O)N[C@H]5CCOC5)cs4)nc(O[C@H]4CCOC4)c32)cn1. The van der Waals surface area contributed by atoms with Gasteiger partial charge in [0.05, 0.1) is 53.8 Å². The zero-order valence-corrected chi connectivity index (χ0v) is 20.0. The highest BCUT2D eigenvalue weighted by molar-refractivity contribution is 7.14. The molecule has 2 aliphatic rings. The van der Waals surface area contributed by atoms with Crippen LogP contribution in [0, 0.1) is 0 Å². The van der Waals surface area contributed by atoms with Gasteiger partial charge in [-0.2, -0.15) is 10.1 Å². The maximum Gasteiger partial charge on any atom is 0.252 e. The van der Waals surface area contributed by atoms with Gasteiger partial charge in [-0.05, 0) is 18.6 Å². The molecule has 0 bridgehead atoms. The summed E-state index contributed by atoms with van der Waals surface area (Å²) in [6.45, 7) is 2.43. The lowest BCUT2D eigenvalue weighted by Crippen LogP contribution is -2.34. The molecule has 0 aromatic carbocycles. The maximum atomic E-state index is 12.6. The largest absolute Gasteiger partial charge is 0.470 e. The second kappa shape index (κ2) is 9.29. The number of nitrogens with one attached hydrogen (secondary N) is 2. The van der Waals surface area contributed by atoms with Crippen molar-refractivity contribution in [3.05, 3.63) is 41.7 Å². The molecule has 4 aromatic heterocycles. The minimum Gasteiger partial charge on any atom is -0.470 e. The van der Waals surface area contributed by atoms with Crippen LogP contribution in [0.25, 0.3) is 16.7 Å². The van der Waals surface area contributed by atoms with Crippen LogP contribution in [0.4, 0.5) is 10.9 Å². The van der Waals surface area contributed by atoms with E-state index in [1.54, 1.807) is 16.9 Å². The Bertz CT molecular complexity index is 1350. The minimum absolute atomic E-state index is 0.0627. The molecule has 11 nitrogen and oxygen atoms in total. The molecule has 0 radical (unpaired) electrons. The number of rotatable bonds is 7. The van der Waals surface area contributed by atoms with Gasteiger partial charge in [-0.3, -0.25) is 9.48 Å². The van der Waals surface area contributed by atoms with Gasteiger partial charge in [0, 0.05) is 37.8 Å². The molecule has 182 valence electrons. The van der Waals surface area contributed by atoms with Crippen molar-refractivity contribution in [2.24, 2.45) is 7.05 Å². The number of thiophene rings is 1. The fraction of sp³-hybridized carbons (Fsp3) is 0.391. The number of hydrogen-bond donors (Lipinski definition) is 2. The van der Waals surface area contributed by atoms with Crippen LogP contribution >= 0.6 is 11.3 Å². The summed E-state index contributed by atoms with van der Waals surface area (Å²) in [5.74, 6) is 0.755. The Morgan fingerprint density at radius 3 is 2.89 bits per heavy atom. The van der Waals surface area contributed by atoms with E-state index in [0.717, 1.165) is 34.6 Å². The Balaban J connectivity index is 1.28.